The van der Waals surface area contributed by atoms with Crippen LogP contribution in [0.4, 0.5) is 0 Å². The van der Waals surface area contributed by atoms with Crippen LogP contribution in [0, 0.1) is 3.57 Å². The van der Waals surface area contributed by atoms with Gasteiger partial charge in [-0.05, 0) is 40.8 Å². The van der Waals surface area contributed by atoms with Crippen LogP contribution in [0.3, 0.4) is 0 Å². The van der Waals surface area contributed by atoms with E-state index in [1.165, 1.54) is 12.3 Å². The van der Waals surface area contributed by atoms with E-state index in [4.69, 9.17) is 5.11 Å². The molecule has 0 aliphatic carbocycles. The van der Waals surface area contributed by atoms with Crippen molar-refractivity contribution in [2.75, 3.05) is 0 Å². The van der Waals surface area contributed by atoms with E-state index in [-0.39, 0.29) is 5.56 Å². The number of pyridine rings is 1. The molecule has 19 heavy (non-hydrogen) atoms. The van der Waals surface area contributed by atoms with Crippen molar-refractivity contribution in [1.82, 2.24) is 15.0 Å². The highest BCUT2D eigenvalue weighted by Gasteiger charge is 2.09. The third-order valence-corrected chi connectivity index (χ3v) is 3.42. The van der Waals surface area contributed by atoms with Gasteiger partial charge in [-0.2, -0.15) is 0 Å². The normalized spacial score (nSPS) is 10.8. The van der Waals surface area contributed by atoms with Gasteiger partial charge < -0.3 is 10.1 Å². The van der Waals surface area contributed by atoms with Gasteiger partial charge in [0, 0.05) is 15.3 Å². The minimum atomic E-state index is -1.00. The summed E-state index contributed by atoms with van der Waals surface area (Å²) in [5.41, 5.74) is 2.22. The second-order valence-corrected chi connectivity index (χ2v) is 5.24. The number of rotatable bonds is 2. The molecule has 2 aromatic heterocycles. The van der Waals surface area contributed by atoms with Gasteiger partial charge in [0.15, 0.2) is 5.65 Å². The summed E-state index contributed by atoms with van der Waals surface area (Å²) in [4.78, 5) is 22.4. The Morgan fingerprint density at radius 2 is 2.00 bits per heavy atom. The molecule has 0 saturated heterocycles. The van der Waals surface area contributed by atoms with Crippen molar-refractivity contribution in [3.63, 3.8) is 0 Å². The van der Waals surface area contributed by atoms with Crippen molar-refractivity contribution in [1.29, 1.82) is 0 Å². The van der Waals surface area contributed by atoms with Crippen molar-refractivity contribution < 1.29 is 9.90 Å². The van der Waals surface area contributed by atoms with Crippen LogP contribution in [0.2, 0.25) is 0 Å². The molecule has 94 valence electrons. The Balaban J connectivity index is 2.11. The molecule has 0 unspecified atom stereocenters. The number of imidazole rings is 1. The van der Waals surface area contributed by atoms with Crippen LogP contribution in [-0.2, 0) is 0 Å². The van der Waals surface area contributed by atoms with E-state index in [1.807, 2.05) is 24.3 Å². The van der Waals surface area contributed by atoms with Crippen LogP contribution < -0.4 is 0 Å². The van der Waals surface area contributed by atoms with Crippen LogP contribution in [-0.4, -0.2) is 26.0 Å². The zero-order chi connectivity index (χ0) is 13.4. The largest absolute Gasteiger partial charge is 0.478 e. The second kappa shape index (κ2) is 4.61. The van der Waals surface area contributed by atoms with Crippen molar-refractivity contribution >= 4 is 39.7 Å². The molecule has 5 nitrogen and oxygen atoms in total. The average Bonchev–Trinajstić information content (AvgIpc) is 2.82. The quantitative estimate of drug-likeness (QED) is 0.685. The number of nitrogens with one attached hydrogen (secondary N) is 1. The van der Waals surface area contributed by atoms with E-state index < -0.39 is 5.97 Å². The molecule has 0 saturated carbocycles. The number of carboxylic acids is 1. The number of aromatic nitrogens is 3. The maximum atomic E-state index is 10.9. The number of nitrogens with zero attached hydrogens (tertiary/aromatic N) is 2. The first-order valence-electron chi connectivity index (χ1n) is 5.48. The summed E-state index contributed by atoms with van der Waals surface area (Å²) < 4.78 is 1.14. The first-order valence-corrected chi connectivity index (χ1v) is 6.56. The molecule has 0 radical (unpaired) electrons. The van der Waals surface area contributed by atoms with Gasteiger partial charge in [-0.15, -0.1) is 0 Å². The number of hydrogen-bond acceptors (Lipinski definition) is 3. The molecular weight excluding hydrogens is 357 g/mol. The fraction of sp³-hybridized carbons (Fsp3) is 0. The third-order valence-electron chi connectivity index (χ3n) is 2.70. The van der Waals surface area contributed by atoms with Crippen molar-refractivity contribution in [2.24, 2.45) is 0 Å². The number of aromatic carboxylic acids is 1. The number of carboxylic acid groups (broad SMARTS) is 1. The molecular formula is C13H8IN3O2. The molecule has 0 aliphatic rings. The van der Waals surface area contributed by atoms with Gasteiger partial charge >= 0.3 is 5.97 Å². The third kappa shape index (κ3) is 2.30. The lowest BCUT2D eigenvalue weighted by Crippen LogP contribution is -1.96. The molecule has 0 amide bonds. The Bertz CT molecular complexity index is 765. The number of H-pyrrole nitrogens is 1. The molecule has 0 spiro atoms. The summed E-state index contributed by atoms with van der Waals surface area (Å²) >= 11 is 2.23. The summed E-state index contributed by atoms with van der Waals surface area (Å²) in [5, 5.41) is 8.92. The number of carbonyl (C=O) groups is 1. The zero-order valence-electron chi connectivity index (χ0n) is 9.59. The predicted molar refractivity (Wildman–Crippen MR) is 79.0 cm³/mol. The highest BCUT2D eigenvalue weighted by atomic mass is 127. The van der Waals surface area contributed by atoms with Crippen LogP contribution >= 0.6 is 22.6 Å². The lowest BCUT2D eigenvalue weighted by molar-refractivity contribution is 0.0696. The average molecular weight is 365 g/mol. The predicted octanol–water partition coefficient (Wildman–Crippen LogP) is 2.93. The molecule has 0 fully saturated rings. The Morgan fingerprint density at radius 3 is 2.68 bits per heavy atom. The minimum absolute atomic E-state index is 0.144. The van der Waals surface area contributed by atoms with Gasteiger partial charge in [0.2, 0.25) is 0 Å². The standard InChI is InChI=1S/C13H8IN3O2/c14-9-3-1-7(2-4-9)11-16-10-5-8(13(18)19)6-15-12(10)17-11/h1-6H,(H,18,19)(H,15,16,17). The summed E-state index contributed by atoms with van der Waals surface area (Å²) in [6.45, 7) is 0. The smallest absolute Gasteiger partial charge is 0.337 e. The van der Waals surface area contributed by atoms with Crippen LogP contribution in [0.5, 0.6) is 0 Å². The van der Waals surface area contributed by atoms with Gasteiger partial charge in [0.25, 0.3) is 0 Å². The van der Waals surface area contributed by atoms with E-state index in [2.05, 4.69) is 37.5 Å². The lowest BCUT2D eigenvalue weighted by Gasteiger charge is -1.95. The van der Waals surface area contributed by atoms with E-state index >= 15 is 0 Å². The number of fused-ring (bicyclic) bond motifs is 1. The Morgan fingerprint density at radius 1 is 1.26 bits per heavy atom. The van der Waals surface area contributed by atoms with Gasteiger partial charge in [-0.3, -0.25) is 0 Å². The minimum Gasteiger partial charge on any atom is -0.478 e. The number of aromatic amines is 1. The monoisotopic (exact) mass is 365 g/mol. The summed E-state index contributed by atoms with van der Waals surface area (Å²) in [7, 11) is 0. The van der Waals surface area contributed by atoms with Crippen molar-refractivity contribution in [3.8, 4) is 11.4 Å². The molecule has 3 rings (SSSR count). The van der Waals surface area contributed by atoms with E-state index in [0.29, 0.717) is 17.0 Å². The molecule has 2 N–H and O–H groups in total. The van der Waals surface area contributed by atoms with Gasteiger partial charge in [-0.25, -0.2) is 14.8 Å². The van der Waals surface area contributed by atoms with E-state index in [9.17, 15) is 4.79 Å². The lowest BCUT2D eigenvalue weighted by atomic mass is 10.2. The Hall–Kier alpha value is -1.96. The fourth-order valence-electron chi connectivity index (χ4n) is 1.76. The topological polar surface area (TPSA) is 78.9 Å². The maximum absolute atomic E-state index is 10.9. The zero-order valence-corrected chi connectivity index (χ0v) is 11.7. The van der Waals surface area contributed by atoms with Crippen LogP contribution in [0.15, 0.2) is 36.5 Å². The molecule has 0 bridgehead atoms. The molecule has 3 aromatic rings. The van der Waals surface area contributed by atoms with Gasteiger partial charge in [-0.1, -0.05) is 12.1 Å². The van der Waals surface area contributed by atoms with Crippen molar-refractivity contribution in [2.45, 2.75) is 0 Å². The molecule has 0 aliphatic heterocycles. The van der Waals surface area contributed by atoms with Crippen LogP contribution in [0.1, 0.15) is 10.4 Å². The van der Waals surface area contributed by atoms with Gasteiger partial charge in [0.1, 0.15) is 5.82 Å². The summed E-state index contributed by atoms with van der Waals surface area (Å²) in [6, 6.07) is 9.42. The molecule has 6 heteroatoms. The Kier molecular flexibility index (Phi) is 2.94. The van der Waals surface area contributed by atoms with Gasteiger partial charge in [0.05, 0.1) is 11.1 Å². The summed E-state index contributed by atoms with van der Waals surface area (Å²) in [6.07, 6.45) is 1.31. The van der Waals surface area contributed by atoms with Crippen LogP contribution in [0.25, 0.3) is 22.6 Å². The molecule has 1 aromatic carbocycles. The number of benzene rings is 1. The Labute approximate surface area is 121 Å². The first-order chi connectivity index (χ1) is 9.13. The first kappa shape index (κ1) is 12.1. The molecule has 2 heterocycles. The fourth-order valence-corrected chi connectivity index (χ4v) is 2.12. The van der Waals surface area contributed by atoms with E-state index in [0.717, 1.165) is 9.13 Å². The number of hydrogen-bond donors (Lipinski definition) is 2. The maximum Gasteiger partial charge on any atom is 0.337 e. The SMILES string of the molecule is O=C(O)c1cnc2nc(-c3ccc(I)cc3)[nH]c2c1. The highest BCUT2D eigenvalue weighted by molar-refractivity contribution is 14.1. The number of halogens is 1. The van der Waals surface area contributed by atoms with Crippen molar-refractivity contribution in [3.05, 3.63) is 45.7 Å². The van der Waals surface area contributed by atoms with E-state index in [1.54, 1.807) is 0 Å². The highest BCUT2D eigenvalue weighted by Crippen LogP contribution is 2.20. The molecule has 0 atom stereocenters. The second-order valence-electron chi connectivity index (χ2n) is 3.99. The summed E-state index contributed by atoms with van der Waals surface area (Å²) in [5.74, 6) is -0.318.